The van der Waals surface area contributed by atoms with Crippen LogP contribution in [-0.4, -0.2) is 15.2 Å². The van der Waals surface area contributed by atoms with Crippen LogP contribution in [0, 0.1) is 6.92 Å². The summed E-state index contributed by atoms with van der Waals surface area (Å²) in [6.45, 7) is 1.98. The van der Waals surface area contributed by atoms with Gasteiger partial charge in [0, 0.05) is 34.1 Å². The molecular formula is C21H19ClN4. The van der Waals surface area contributed by atoms with E-state index in [0.717, 1.165) is 33.6 Å². The molecule has 130 valence electrons. The maximum Gasteiger partial charge on any atom is 0.153 e. The Morgan fingerprint density at radius 2 is 1.58 bits per heavy atom. The standard InChI is InChI=1S/C15H14N4.C6H5Cl/c1-10-8-11(6-7-17-10)9-14-12-4-2-3-5-13(12)15(16)19-18-14;7-6-4-2-1-3-5-6/h2-8H,9H2,1H3,(H2,16,19);1-5H. The van der Waals surface area contributed by atoms with Crippen molar-refractivity contribution in [3.05, 3.63) is 94.9 Å². The lowest BCUT2D eigenvalue weighted by Crippen LogP contribution is -2.01. The largest absolute Gasteiger partial charge is 0.382 e. The van der Waals surface area contributed by atoms with Crippen LogP contribution in [0.15, 0.2) is 72.9 Å². The third kappa shape index (κ3) is 4.55. The van der Waals surface area contributed by atoms with Crippen molar-refractivity contribution in [2.75, 3.05) is 5.73 Å². The molecule has 0 unspecified atom stereocenters. The van der Waals surface area contributed by atoms with Gasteiger partial charge in [0.15, 0.2) is 5.82 Å². The minimum atomic E-state index is 0.477. The van der Waals surface area contributed by atoms with E-state index in [1.165, 1.54) is 5.56 Å². The van der Waals surface area contributed by atoms with Crippen molar-refractivity contribution < 1.29 is 0 Å². The zero-order valence-electron chi connectivity index (χ0n) is 14.4. The van der Waals surface area contributed by atoms with Crippen molar-refractivity contribution in [2.24, 2.45) is 0 Å². The molecule has 0 aliphatic heterocycles. The number of rotatable bonds is 2. The molecular weight excluding hydrogens is 344 g/mol. The van der Waals surface area contributed by atoms with Crippen molar-refractivity contribution in [3.8, 4) is 0 Å². The van der Waals surface area contributed by atoms with Gasteiger partial charge >= 0.3 is 0 Å². The lowest BCUT2D eigenvalue weighted by molar-refractivity contribution is 0.961. The van der Waals surface area contributed by atoms with Crippen LogP contribution < -0.4 is 5.73 Å². The minimum absolute atomic E-state index is 0.477. The third-order valence-electron chi connectivity index (χ3n) is 3.86. The molecule has 4 nitrogen and oxygen atoms in total. The fraction of sp³-hybridized carbons (Fsp3) is 0.0952. The monoisotopic (exact) mass is 362 g/mol. The van der Waals surface area contributed by atoms with Gasteiger partial charge in [-0.15, -0.1) is 5.10 Å². The Hall–Kier alpha value is -2.98. The van der Waals surface area contributed by atoms with Crippen molar-refractivity contribution in [1.82, 2.24) is 15.2 Å². The van der Waals surface area contributed by atoms with Crippen LogP contribution in [0.5, 0.6) is 0 Å². The van der Waals surface area contributed by atoms with Crippen molar-refractivity contribution >= 4 is 28.2 Å². The minimum Gasteiger partial charge on any atom is -0.382 e. The van der Waals surface area contributed by atoms with E-state index in [1.54, 1.807) is 0 Å². The molecule has 4 aromatic rings. The van der Waals surface area contributed by atoms with E-state index in [4.69, 9.17) is 17.3 Å². The number of aromatic nitrogens is 3. The van der Waals surface area contributed by atoms with Crippen molar-refractivity contribution in [2.45, 2.75) is 13.3 Å². The molecule has 0 aliphatic rings. The molecule has 0 saturated heterocycles. The van der Waals surface area contributed by atoms with Crippen LogP contribution in [0.3, 0.4) is 0 Å². The molecule has 2 N–H and O–H groups in total. The van der Waals surface area contributed by atoms with Crippen LogP contribution in [-0.2, 0) is 6.42 Å². The number of nitrogen functional groups attached to an aromatic ring is 1. The molecule has 5 heteroatoms. The number of anilines is 1. The molecule has 0 atom stereocenters. The summed E-state index contributed by atoms with van der Waals surface area (Å²) >= 11 is 5.54. The van der Waals surface area contributed by atoms with Crippen LogP contribution in [0.1, 0.15) is 17.0 Å². The van der Waals surface area contributed by atoms with Crippen LogP contribution in [0.25, 0.3) is 10.8 Å². The number of hydrogen-bond donors (Lipinski definition) is 1. The zero-order valence-corrected chi connectivity index (χ0v) is 15.2. The van der Waals surface area contributed by atoms with Crippen LogP contribution in [0.2, 0.25) is 5.02 Å². The van der Waals surface area contributed by atoms with E-state index in [-0.39, 0.29) is 0 Å². The summed E-state index contributed by atoms with van der Waals surface area (Å²) < 4.78 is 0. The summed E-state index contributed by atoms with van der Waals surface area (Å²) in [4.78, 5) is 4.20. The first-order valence-electron chi connectivity index (χ1n) is 8.25. The summed E-state index contributed by atoms with van der Waals surface area (Å²) in [5.41, 5.74) is 8.98. The lowest BCUT2D eigenvalue weighted by atomic mass is 10.0. The van der Waals surface area contributed by atoms with Gasteiger partial charge in [-0.25, -0.2) is 0 Å². The average molecular weight is 363 g/mol. The van der Waals surface area contributed by atoms with Gasteiger partial charge in [-0.1, -0.05) is 54.1 Å². The van der Waals surface area contributed by atoms with Gasteiger partial charge in [-0.2, -0.15) is 5.10 Å². The first-order chi connectivity index (χ1) is 12.6. The normalized spacial score (nSPS) is 10.2. The number of pyridine rings is 1. The first-order valence-corrected chi connectivity index (χ1v) is 8.63. The Labute approximate surface area is 157 Å². The molecule has 0 radical (unpaired) electrons. The Morgan fingerprint density at radius 1 is 0.885 bits per heavy atom. The SMILES string of the molecule is Cc1cc(Cc2nnc(N)c3ccccc23)ccn1.Clc1ccccc1. The van der Waals surface area contributed by atoms with Crippen molar-refractivity contribution in [3.63, 3.8) is 0 Å². The van der Waals surface area contributed by atoms with E-state index >= 15 is 0 Å². The zero-order chi connectivity index (χ0) is 18.4. The van der Waals surface area contributed by atoms with Gasteiger partial charge in [0.25, 0.3) is 0 Å². The second-order valence-electron chi connectivity index (χ2n) is 5.86. The molecule has 2 aromatic carbocycles. The molecule has 4 rings (SSSR count). The molecule has 26 heavy (non-hydrogen) atoms. The number of halogens is 1. The Balaban J connectivity index is 0.000000236. The average Bonchev–Trinajstić information content (AvgIpc) is 2.66. The summed E-state index contributed by atoms with van der Waals surface area (Å²) in [7, 11) is 0. The summed E-state index contributed by atoms with van der Waals surface area (Å²) in [6.07, 6.45) is 2.55. The maximum absolute atomic E-state index is 5.86. The van der Waals surface area contributed by atoms with Gasteiger partial charge < -0.3 is 5.73 Å². The molecule has 0 saturated carbocycles. The number of fused-ring (bicyclic) bond motifs is 1. The number of nitrogens with two attached hydrogens (primary N) is 1. The molecule has 0 bridgehead atoms. The van der Waals surface area contributed by atoms with Gasteiger partial charge in [0.05, 0.1) is 5.69 Å². The second kappa shape index (κ2) is 8.41. The van der Waals surface area contributed by atoms with E-state index in [9.17, 15) is 0 Å². The molecule has 0 amide bonds. The van der Waals surface area contributed by atoms with Crippen LogP contribution in [0.4, 0.5) is 5.82 Å². The van der Waals surface area contributed by atoms with Crippen LogP contribution >= 0.6 is 11.6 Å². The fourth-order valence-electron chi connectivity index (χ4n) is 2.63. The number of aryl methyl sites for hydroxylation is 1. The van der Waals surface area contributed by atoms with Gasteiger partial charge in [-0.05, 0) is 36.8 Å². The Morgan fingerprint density at radius 3 is 2.23 bits per heavy atom. The third-order valence-corrected chi connectivity index (χ3v) is 4.11. The molecule has 0 spiro atoms. The molecule has 0 aliphatic carbocycles. The quantitative estimate of drug-likeness (QED) is 0.553. The topological polar surface area (TPSA) is 64.7 Å². The Bertz CT molecular complexity index is 1000. The molecule has 0 fully saturated rings. The van der Waals surface area contributed by atoms with E-state index in [2.05, 4.69) is 21.2 Å². The molecule has 2 aromatic heterocycles. The second-order valence-corrected chi connectivity index (χ2v) is 6.29. The number of benzene rings is 2. The molecule has 2 heterocycles. The summed E-state index contributed by atoms with van der Waals surface area (Å²) in [6, 6.07) is 21.5. The van der Waals surface area contributed by atoms with E-state index in [0.29, 0.717) is 5.82 Å². The number of nitrogens with zero attached hydrogens (tertiary/aromatic N) is 3. The smallest absolute Gasteiger partial charge is 0.153 e. The highest BCUT2D eigenvalue weighted by Gasteiger charge is 2.07. The highest BCUT2D eigenvalue weighted by atomic mass is 35.5. The predicted octanol–water partition coefficient (Wildman–Crippen LogP) is 4.85. The maximum atomic E-state index is 5.86. The highest BCUT2D eigenvalue weighted by Crippen LogP contribution is 2.22. The van der Waals surface area contributed by atoms with E-state index in [1.807, 2.05) is 73.8 Å². The fourth-order valence-corrected chi connectivity index (χ4v) is 2.78. The summed E-state index contributed by atoms with van der Waals surface area (Å²) in [5, 5.41) is 11.1. The lowest BCUT2D eigenvalue weighted by Gasteiger charge is -2.07. The predicted molar refractivity (Wildman–Crippen MR) is 107 cm³/mol. The number of hydrogen-bond acceptors (Lipinski definition) is 4. The van der Waals surface area contributed by atoms with Crippen molar-refractivity contribution in [1.29, 1.82) is 0 Å². The van der Waals surface area contributed by atoms with Gasteiger partial charge in [0.2, 0.25) is 0 Å². The Kier molecular flexibility index (Phi) is 5.77. The van der Waals surface area contributed by atoms with Gasteiger partial charge in [0.1, 0.15) is 0 Å². The summed E-state index contributed by atoms with van der Waals surface area (Å²) in [5.74, 6) is 0.477. The first kappa shape index (κ1) is 17.8. The van der Waals surface area contributed by atoms with Gasteiger partial charge in [-0.3, -0.25) is 4.98 Å². The van der Waals surface area contributed by atoms with E-state index < -0.39 is 0 Å². The highest BCUT2D eigenvalue weighted by molar-refractivity contribution is 6.30.